The smallest absolute Gasteiger partial charge is 0.252 e. The summed E-state index contributed by atoms with van der Waals surface area (Å²) in [5.41, 5.74) is 6.39. The number of nitrogens with two attached hydrogens (primary N) is 1. The summed E-state index contributed by atoms with van der Waals surface area (Å²) in [5.74, 6) is 1.01. The quantitative estimate of drug-likeness (QED) is 0.368. The molecule has 1 rings (SSSR count). The zero-order chi connectivity index (χ0) is 17.1. The maximum atomic E-state index is 11.8. The number of guanidine groups is 1. The van der Waals surface area contributed by atoms with Crippen LogP contribution in [-0.4, -0.2) is 36.0 Å². The molecule has 0 bridgehead atoms. The van der Waals surface area contributed by atoms with Gasteiger partial charge in [-0.25, -0.2) is 0 Å². The number of rotatable bonds is 9. The van der Waals surface area contributed by atoms with Crippen LogP contribution in [0.2, 0.25) is 0 Å². The van der Waals surface area contributed by atoms with Gasteiger partial charge in [-0.2, -0.15) is 0 Å². The van der Waals surface area contributed by atoms with Gasteiger partial charge in [0, 0.05) is 25.0 Å². The Kier molecular flexibility index (Phi) is 8.72. The highest BCUT2D eigenvalue weighted by Crippen LogP contribution is 2.07. The molecule has 6 nitrogen and oxygen atoms in total. The predicted molar refractivity (Wildman–Crippen MR) is 94.3 cm³/mol. The molecule has 0 saturated heterocycles. The van der Waals surface area contributed by atoms with Crippen LogP contribution >= 0.6 is 0 Å². The van der Waals surface area contributed by atoms with E-state index < -0.39 is 0 Å². The van der Waals surface area contributed by atoms with Crippen molar-refractivity contribution in [1.29, 1.82) is 0 Å². The van der Waals surface area contributed by atoms with Crippen molar-refractivity contribution in [2.75, 3.05) is 13.1 Å². The van der Waals surface area contributed by atoms with Gasteiger partial charge in [0.15, 0.2) is 5.96 Å². The highest BCUT2D eigenvalue weighted by molar-refractivity contribution is 5.93. The van der Waals surface area contributed by atoms with Gasteiger partial charge in [0.25, 0.3) is 5.91 Å². The average Bonchev–Trinajstić information content (AvgIpc) is 2.51. The van der Waals surface area contributed by atoms with E-state index in [4.69, 9.17) is 5.73 Å². The largest absolute Gasteiger partial charge is 0.370 e. The Hall–Kier alpha value is -2.11. The highest BCUT2D eigenvalue weighted by Gasteiger charge is 2.05. The maximum absolute atomic E-state index is 11.8. The molecule has 0 saturated carbocycles. The molecule has 1 heterocycles. The van der Waals surface area contributed by atoms with Crippen molar-refractivity contribution in [3.05, 3.63) is 30.1 Å². The fourth-order valence-corrected chi connectivity index (χ4v) is 2.15. The van der Waals surface area contributed by atoms with Gasteiger partial charge in [-0.3, -0.25) is 14.8 Å². The van der Waals surface area contributed by atoms with E-state index in [0.717, 1.165) is 12.3 Å². The van der Waals surface area contributed by atoms with Gasteiger partial charge in [-0.1, -0.05) is 26.7 Å². The van der Waals surface area contributed by atoms with Crippen LogP contribution in [-0.2, 0) is 0 Å². The van der Waals surface area contributed by atoms with E-state index in [9.17, 15) is 4.79 Å². The minimum Gasteiger partial charge on any atom is -0.370 e. The lowest BCUT2D eigenvalue weighted by Crippen LogP contribution is -2.39. The number of carbonyl (C=O) groups excluding carboxylic acids is 1. The number of nitrogens with one attached hydrogen (secondary N) is 2. The van der Waals surface area contributed by atoms with Crippen LogP contribution in [0.1, 0.15) is 50.4 Å². The number of aromatic nitrogens is 1. The van der Waals surface area contributed by atoms with Crippen molar-refractivity contribution in [3.63, 3.8) is 0 Å². The molecule has 0 aromatic carbocycles. The second-order valence-corrected chi connectivity index (χ2v) is 6.13. The molecule has 1 unspecified atom stereocenters. The lowest BCUT2D eigenvalue weighted by atomic mass is 10.0. The molecular weight excluding hydrogens is 290 g/mol. The number of pyridine rings is 1. The van der Waals surface area contributed by atoms with Crippen LogP contribution in [0.15, 0.2) is 29.5 Å². The summed E-state index contributed by atoms with van der Waals surface area (Å²) in [6, 6.07) is 3.76. The number of carbonyl (C=O) groups is 1. The van der Waals surface area contributed by atoms with Gasteiger partial charge in [0.2, 0.25) is 0 Å². The summed E-state index contributed by atoms with van der Waals surface area (Å²) in [7, 11) is 0. The van der Waals surface area contributed by atoms with Gasteiger partial charge < -0.3 is 16.4 Å². The summed E-state index contributed by atoms with van der Waals surface area (Å²) in [6.45, 7) is 7.45. The first kappa shape index (κ1) is 18.9. The van der Waals surface area contributed by atoms with E-state index in [1.165, 1.54) is 19.0 Å². The fourth-order valence-electron chi connectivity index (χ4n) is 2.15. The number of amides is 1. The summed E-state index contributed by atoms with van der Waals surface area (Å²) >= 11 is 0. The first-order valence-electron chi connectivity index (χ1n) is 8.23. The van der Waals surface area contributed by atoms with E-state index >= 15 is 0 Å². The Bertz CT molecular complexity index is 487. The fraction of sp³-hybridized carbons (Fsp3) is 0.588. The molecule has 4 N–H and O–H groups in total. The van der Waals surface area contributed by atoms with E-state index in [0.29, 0.717) is 30.7 Å². The minimum absolute atomic E-state index is 0.151. The molecule has 0 radical (unpaired) electrons. The minimum atomic E-state index is -0.151. The summed E-state index contributed by atoms with van der Waals surface area (Å²) in [6.07, 6.45) is 6.65. The standard InChI is InChI=1S/C17H29N5O/c1-13(2)6-4-7-14(3)22-17(18)21-11-10-20-16(23)15-8-5-9-19-12-15/h5,8-9,12-14H,4,6-7,10-11H2,1-3H3,(H,20,23)(H3,18,21,22). The third-order valence-corrected chi connectivity index (χ3v) is 3.42. The van der Waals surface area contributed by atoms with E-state index in [2.05, 4.69) is 41.4 Å². The molecule has 23 heavy (non-hydrogen) atoms. The second kappa shape index (κ2) is 10.6. The molecule has 128 valence electrons. The lowest BCUT2D eigenvalue weighted by Gasteiger charge is -2.15. The number of hydrogen-bond acceptors (Lipinski definition) is 3. The zero-order valence-electron chi connectivity index (χ0n) is 14.4. The van der Waals surface area contributed by atoms with Crippen LogP contribution in [0.25, 0.3) is 0 Å². The van der Waals surface area contributed by atoms with Gasteiger partial charge in [0.05, 0.1) is 12.1 Å². The summed E-state index contributed by atoms with van der Waals surface area (Å²) in [5, 5.41) is 5.96. The Labute approximate surface area is 139 Å². The molecule has 1 aromatic rings. The Balaban J connectivity index is 2.19. The molecule has 1 amide bonds. The van der Waals surface area contributed by atoms with Crippen LogP contribution in [0.5, 0.6) is 0 Å². The Morgan fingerprint density at radius 1 is 1.35 bits per heavy atom. The van der Waals surface area contributed by atoms with Gasteiger partial charge in [-0.15, -0.1) is 0 Å². The molecular formula is C17H29N5O. The predicted octanol–water partition coefficient (Wildman–Crippen LogP) is 1.93. The van der Waals surface area contributed by atoms with Crippen molar-refractivity contribution in [2.45, 2.75) is 46.1 Å². The normalized spacial score (nSPS) is 13.0. The molecule has 1 aromatic heterocycles. The molecule has 0 aliphatic rings. The topological polar surface area (TPSA) is 92.4 Å². The first-order chi connectivity index (χ1) is 11.0. The van der Waals surface area contributed by atoms with E-state index in [1.54, 1.807) is 18.3 Å². The summed E-state index contributed by atoms with van der Waals surface area (Å²) in [4.78, 5) is 19.9. The SMILES string of the molecule is CC(C)CCCC(C)NC(N)=NCCNC(=O)c1cccnc1. The average molecular weight is 319 g/mol. The third kappa shape index (κ3) is 8.80. The van der Waals surface area contributed by atoms with Crippen LogP contribution in [0.4, 0.5) is 0 Å². The number of nitrogens with zero attached hydrogens (tertiary/aromatic N) is 2. The third-order valence-electron chi connectivity index (χ3n) is 3.42. The molecule has 1 atom stereocenters. The van der Waals surface area contributed by atoms with Crippen molar-refractivity contribution in [3.8, 4) is 0 Å². The highest BCUT2D eigenvalue weighted by atomic mass is 16.1. The van der Waals surface area contributed by atoms with Gasteiger partial charge >= 0.3 is 0 Å². The monoisotopic (exact) mass is 319 g/mol. The van der Waals surface area contributed by atoms with Crippen molar-refractivity contribution >= 4 is 11.9 Å². The van der Waals surface area contributed by atoms with Crippen LogP contribution in [0, 0.1) is 5.92 Å². The van der Waals surface area contributed by atoms with Crippen molar-refractivity contribution in [1.82, 2.24) is 15.6 Å². The second-order valence-electron chi connectivity index (χ2n) is 6.13. The van der Waals surface area contributed by atoms with Crippen LogP contribution < -0.4 is 16.4 Å². The Morgan fingerprint density at radius 2 is 2.13 bits per heavy atom. The lowest BCUT2D eigenvalue weighted by molar-refractivity contribution is 0.0954. The zero-order valence-corrected chi connectivity index (χ0v) is 14.4. The van der Waals surface area contributed by atoms with Crippen molar-refractivity contribution < 1.29 is 4.79 Å². The molecule has 0 aliphatic carbocycles. The van der Waals surface area contributed by atoms with Crippen LogP contribution in [0.3, 0.4) is 0 Å². The molecule has 6 heteroatoms. The van der Waals surface area contributed by atoms with Gasteiger partial charge in [-0.05, 0) is 31.4 Å². The number of aliphatic imine (C=N–C) groups is 1. The number of hydrogen-bond donors (Lipinski definition) is 3. The van der Waals surface area contributed by atoms with E-state index in [1.807, 2.05) is 0 Å². The Morgan fingerprint density at radius 3 is 2.78 bits per heavy atom. The van der Waals surface area contributed by atoms with E-state index in [-0.39, 0.29) is 5.91 Å². The molecule has 0 fully saturated rings. The van der Waals surface area contributed by atoms with Gasteiger partial charge in [0.1, 0.15) is 0 Å². The first-order valence-corrected chi connectivity index (χ1v) is 8.23. The summed E-state index contributed by atoms with van der Waals surface area (Å²) < 4.78 is 0. The molecule has 0 aliphatic heterocycles. The van der Waals surface area contributed by atoms with Crippen molar-refractivity contribution in [2.24, 2.45) is 16.6 Å². The maximum Gasteiger partial charge on any atom is 0.252 e. The molecule has 0 spiro atoms.